The molecule has 1 N–H and O–H groups in total. The smallest absolute Gasteiger partial charge is 0.194 e. The average molecular weight is 427 g/mol. The van der Waals surface area contributed by atoms with Crippen LogP contribution in [-0.4, -0.2) is 78.1 Å². The summed E-state index contributed by atoms with van der Waals surface area (Å²) >= 11 is 0. The van der Waals surface area contributed by atoms with E-state index < -0.39 is 0 Å². The molecule has 1 aromatic heterocycles. The van der Waals surface area contributed by atoms with Gasteiger partial charge >= 0.3 is 0 Å². The SMILES string of the molecule is CN=C(NCc1cccc(CN2CCOC(C)C2)c1)N1CCOC(c2cnn(C)c2)C1. The lowest BCUT2D eigenvalue weighted by Gasteiger charge is -2.34. The Hall–Kier alpha value is -2.42. The summed E-state index contributed by atoms with van der Waals surface area (Å²) in [6, 6.07) is 8.81. The third-order valence-corrected chi connectivity index (χ3v) is 5.85. The highest BCUT2D eigenvalue weighted by Gasteiger charge is 2.25. The first kappa shape index (κ1) is 21.8. The molecule has 0 aliphatic carbocycles. The van der Waals surface area contributed by atoms with Crippen molar-refractivity contribution in [2.24, 2.45) is 12.0 Å². The Balaban J connectivity index is 1.33. The lowest BCUT2D eigenvalue weighted by Crippen LogP contribution is -2.47. The molecule has 2 unspecified atom stereocenters. The standard InChI is InChI=1S/C23H34N6O2/c1-18-14-28(7-9-30-18)15-20-6-4-5-19(11-20)12-25-23(24-2)29-8-10-31-22(17-29)21-13-26-27(3)16-21/h4-6,11,13,16,18,22H,7-10,12,14-15,17H2,1-3H3,(H,24,25). The number of guanidine groups is 1. The molecule has 2 fully saturated rings. The molecular formula is C23H34N6O2. The van der Waals surface area contributed by atoms with Crippen LogP contribution < -0.4 is 5.32 Å². The lowest BCUT2D eigenvalue weighted by molar-refractivity contribution is -0.0212. The first-order valence-electron chi connectivity index (χ1n) is 11.1. The molecule has 2 saturated heterocycles. The summed E-state index contributed by atoms with van der Waals surface area (Å²) in [6.45, 7) is 8.92. The first-order chi connectivity index (χ1) is 15.1. The minimum Gasteiger partial charge on any atom is -0.376 e. The number of aryl methyl sites for hydroxylation is 1. The van der Waals surface area contributed by atoms with Crippen LogP contribution in [-0.2, 0) is 29.6 Å². The van der Waals surface area contributed by atoms with Gasteiger partial charge < -0.3 is 19.7 Å². The van der Waals surface area contributed by atoms with E-state index >= 15 is 0 Å². The van der Waals surface area contributed by atoms with Gasteiger partial charge in [-0.15, -0.1) is 0 Å². The Bertz CT molecular complexity index is 882. The number of aliphatic imine (C=N–C) groups is 1. The maximum atomic E-state index is 5.97. The van der Waals surface area contributed by atoms with Crippen molar-refractivity contribution >= 4 is 5.96 Å². The van der Waals surface area contributed by atoms with Gasteiger partial charge in [0.25, 0.3) is 0 Å². The van der Waals surface area contributed by atoms with E-state index in [0.717, 1.165) is 57.4 Å². The third kappa shape index (κ3) is 5.84. The average Bonchev–Trinajstić information content (AvgIpc) is 3.21. The molecule has 3 heterocycles. The van der Waals surface area contributed by atoms with Gasteiger partial charge in [0.05, 0.1) is 32.1 Å². The second-order valence-corrected chi connectivity index (χ2v) is 8.39. The van der Waals surface area contributed by atoms with Crippen LogP contribution in [0.1, 0.15) is 29.7 Å². The van der Waals surface area contributed by atoms with Crippen molar-refractivity contribution in [1.82, 2.24) is 24.9 Å². The third-order valence-electron chi connectivity index (χ3n) is 5.85. The monoisotopic (exact) mass is 426 g/mol. The molecule has 0 bridgehead atoms. The fourth-order valence-electron chi connectivity index (χ4n) is 4.29. The second-order valence-electron chi connectivity index (χ2n) is 8.39. The van der Waals surface area contributed by atoms with Crippen LogP contribution in [0.15, 0.2) is 41.7 Å². The van der Waals surface area contributed by atoms with Crippen LogP contribution in [0, 0.1) is 0 Å². The van der Waals surface area contributed by atoms with Gasteiger partial charge in [0.2, 0.25) is 0 Å². The molecule has 2 aromatic rings. The largest absolute Gasteiger partial charge is 0.376 e. The number of morpholine rings is 2. The highest BCUT2D eigenvalue weighted by Crippen LogP contribution is 2.21. The normalized spacial score (nSPS) is 23.2. The highest BCUT2D eigenvalue weighted by atomic mass is 16.5. The minimum absolute atomic E-state index is 0.0141. The van der Waals surface area contributed by atoms with E-state index in [-0.39, 0.29) is 6.10 Å². The molecule has 1 aromatic carbocycles. The molecule has 4 rings (SSSR count). The van der Waals surface area contributed by atoms with Crippen molar-refractivity contribution in [2.75, 3.05) is 46.4 Å². The van der Waals surface area contributed by atoms with Crippen molar-refractivity contribution in [3.05, 3.63) is 53.3 Å². The molecule has 0 amide bonds. The van der Waals surface area contributed by atoms with E-state index in [4.69, 9.17) is 9.47 Å². The van der Waals surface area contributed by atoms with Crippen LogP contribution in [0.5, 0.6) is 0 Å². The lowest BCUT2D eigenvalue weighted by atomic mass is 10.1. The summed E-state index contributed by atoms with van der Waals surface area (Å²) in [5.74, 6) is 0.907. The Morgan fingerprint density at radius 2 is 2.03 bits per heavy atom. The summed E-state index contributed by atoms with van der Waals surface area (Å²) in [6.07, 6.45) is 4.22. The highest BCUT2D eigenvalue weighted by molar-refractivity contribution is 5.80. The molecule has 168 valence electrons. The summed E-state index contributed by atoms with van der Waals surface area (Å²) in [5.41, 5.74) is 3.70. The van der Waals surface area contributed by atoms with Crippen molar-refractivity contribution < 1.29 is 9.47 Å². The van der Waals surface area contributed by atoms with Gasteiger partial charge in [-0.05, 0) is 18.1 Å². The van der Waals surface area contributed by atoms with Gasteiger partial charge in [0.1, 0.15) is 6.10 Å². The van der Waals surface area contributed by atoms with Crippen molar-refractivity contribution in [3.8, 4) is 0 Å². The Morgan fingerprint density at radius 3 is 2.81 bits per heavy atom. The number of hydrogen-bond acceptors (Lipinski definition) is 5. The van der Waals surface area contributed by atoms with Crippen LogP contribution in [0.2, 0.25) is 0 Å². The summed E-state index contributed by atoms with van der Waals surface area (Å²) in [5, 5.41) is 7.81. The van der Waals surface area contributed by atoms with E-state index in [0.29, 0.717) is 12.7 Å². The molecule has 31 heavy (non-hydrogen) atoms. The van der Waals surface area contributed by atoms with Crippen molar-refractivity contribution in [1.29, 1.82) is 0 Å². The molecular weight excluding hydrogens is 392 g/mol. The number of nitrogens with one attached hydrogen (secondary N) is 1. The zero-order valence-corrected chi connectivity index (χ0v) is 18.8. The fourth-order valence-corrected chi connectivity index (χ4v) is 4.29. The van der Waals surface area contributed by atoms with Gasteiger partial charge in [0, 0.05) is 58.6 Å². The second kappa shape index (κ2) is 10.3. The van der Waals surface area contributed by atoms with Gasteiger partial charge in [-0.2, -0.15) is 5.10 Å². The quantitative estimate of drug-likeness (QED) is 0.581. The Morgan fingerprint density at radius 1 is 1.19 bits per heavy atom. The number of rotatable bonds is 5. The first-order valence-corrected chi connectivity index (χ1v) is 11.1. The predicted molar refractivity (Wildman–Crippen MR) is 121 cm³/mol. The molecule has 2 aliphatic heterocycles. The predicted octanol–water partition coefficient (Wildman–Crippen LogP) is 1.79. The molecule has 8 nitrogen and oxygen atoms in total. The Labute approximate surface area is 184 Å². The number of nitrogens with zero attached hydrogens (tertiary/aromatic N) is 5. The summed E-state index contributed by atoms with van der Waals surface area (Å²) in [7, 11) is 3.77. The summed E-state index contributed by atoms with van der Waals surface area (Å²) in [4.78, 5) is 9.25. The maximum Gasteiger partial charge on any atom is 0.194 e. The molecule has 8 heteroatoms. The van der Waals surface area contributed by atoms with E-state index in [2.05, 4.69) is 56.4 Å². The van der Waals surface area contributed by atoms with E-state index in [1.165, 1.54) is 11.1 Å². The molecule has 2 aliphatic rings. The van der Waals surface area contributed by atoms with Crippen molar-refractivity contribution in [2.45, 2.75) is 32.2 Å². The van der Waals surface area contributed by atoms with Crippen LogP contribution in [0.3, 0.4) is 0 Å². The van der Waals surface area contributed by atoms with Gasteiger partial charge in [-0.1, -0.05) is 24.3 Å². The minimum atomic E-state index is 0.0141. The zero-order chi connectivity index (χ0) is 21.6. The topological polar surface area (TPSA) is 67.2 Å². The Kier molecular flexibility index (Phi) is 7.21. The zero-order valence-electron chi connectivity index (χ0n) is 18.8. The van der Waals surface area contributed by atoms with Crippen LogP contribution in [0.25, 0.3) is 0 Å². The number of benzene rings is 1. The summed E-state index contributed by atoms with van der Waals surface area (Å²) < 4.78 is 13.4. The van der Waals surface area contributed by atoms with Crippen LogP contribution in [0.4, 0.5) is 0 Å². The molecule has 2 atom stereocenters. The van der Waals surface area contributed by atoms with E-state index in [9.17, 15) is 0 Å². The molecule has 0 saturated carbocycles. The number of aromatic nitrogens is 2. The van der Waals surface area contributed by atoms with Crippen molar-refractivity contribution in [3.63, 3.8) is 0 Å². The molecule has 0 spiro atoms. The van der Waals surface area contributed by atoms with Crippen LogP contribution >= 0.6 is 0 Å². The fraction of sp³-hybridized carbons (Fsp3) is 0.565. The number of ether oxygens (including phenoxy) is 2. The van der Waals surface area contributed by atoms with Gasteiger partial charge in [0.15, 0.2) is 5.96 Å². The van der Waals surface area contributed by atoms with Gasteiger partial charge in [-0.3, -0.25) is 14.6 Å². The number of hydrogen-bond donors (Lipinski definition) is 1. The maximum absolute atomic E-state index is 5.97. The van der Waals surface area contributed by atoms with E-state index in [1.54, 1.807) is 0 Å². The van der Waals surface area contributed by atoms with Gasteiger partial charge in [-0.25, -0.2) is 0 Å². The van der Waals surface area contributed by atoms with E-state index in [1.807, 2.05) is 31.2 Å². The molecule has 0 radical (unpaired) electrons.